The van der Waals surface area contributed by atoms with Gasteiger partial charge in [0.1, 0.15) is 0 Å². The maximum absolute atomic E-state index is 4.84. The molecule has 1 aliphatic heterocycles. The lowest BCUT2D eigenvalue weighted by atomic mass is 9.80. The largest absolute Gasteiger partial charge is 0.357 e. The smallest absolute Gasteiger partial charge is 0.191 e. The molecule has 27 heavy (non-hydrogen) atoms. The van der Waals surface area contributed by atoms with Gasteiger partial charge >= 0.3 is 0 Å². The van der Waals surface area contributed by atoms with Crippen LogP contribution in [0.25, 0.3) is 0 Å². The first-order valence-corrected chi connectivity index (χ1v) is 11.6. The summed E-state index contributed by atoms with van der Waals surface area (Å²) in [6, 6.07) is 0.604. The highest BCUT2D eigenvalue weighted by Crippen LogP contribution is 2.29. The molecule has 1 saturated carbocycles. The Hall–Kier alpha value is -0.810. The van der Waals surface area contributed by atoms with Crippen LogP contribution in [0, 0.1) is 11.8 Å². The van der Waals surface area contributed by atoms with Gasteiger partial charge in [-0.3, -0.25) is 4.99 Å². The predicted octanol–water partition coefficient (Wildman–Crippen LogP) is 3.17. The molecule has 0 aromatic carbocycles. The highest BCUT2D eigenvalue weighted by Gasteiger charge is 2.23. The number of rotatable bonds is 9. The second-order valence-electron chi connectivity index (χ2n) is 8.74. The van der Waals surface area contributed by atoms with Crippen LogP contribution in [0.1, 0.15) is 66.2 Å². The number of hydrogen-bond donors (Lipinski definition) is 2. The van der Waals surface area contributed by atoms with E-state index in [1.54, 1.807) is 0 Å². The van der Waals surface area contributed by atoms with Gasteiger partial charge in [0.05, 0.1) is 0 Å². The molecule has 0 aromatic heterocycles. The molecule has 2 fully saturated rings. The van der Waals surface area contributed by atoms with E-state index in [-0.39, 0.29) is 0 Å². The summed E-state index contributed by atoms with van der Waals surface area (Å²) in [7, 11) is 0. The molecule has 1 heterocycles. The molecule has 1 saturated heterocycles. The van der Waals surface area contributed by atoms with Gasteiger partial charge in [0.25, 0.3) is 0 Å². The second kappa shape index (κ2) is 12.6. The monoisotopic (exact) mass is 379 g/mol. The maximum Gasteiger partial charge on any atom is 0.191 e. The van der Waals surface area contributed by atoms with Crippen molar-refractivity contribution in [2.45, 2.75) is 72.3 Å². The highest BCUT2D eigenvalue weighted by atomic mass is 15.3. The molecule has 0 aromatic rings. The third kappa shape index (κ3) is 8.39. The van der Waals surface area contributed by atoms with E-state index in [4.69, 9.17) is 4.99 Å². The lowest BCUT2D eigenvalue weighted by Crippen LogP contribution is -2.46. The number of nitrogens with one attached hydrogen (secondary N) is 2. The van der Waals surface area contributed by atoms with Crippen molar-refractivity contribution in [2.24, 2.45) is 16.8 Å². The Morgan fingerprint density at radius 3 is 2.22 bits per heavy atom. The van der Waals surface area contributed by atoms with Gasteiger partial charge in [-0.1, -0.05) is 20.8 Å². The van der Waals surface area contributed by atoms with E-state index in [2.05, 4.69) is 48.1 Å². The molecule has 5 nitrogen and oxygen atoms in total. The van der Waals surface area contributed by atoms with E-state index in [0.717, 1.165) is 30.9 Å². The number of hydrogen-bond acceptors (Lipinski definition) is 3. The zero-order valence-electron chi connectivity index (χ0n) is 18.5. The summed E-state index contributed by atoms with van der Waals surface area (Å²) < 4.78 is 0. The molecule has 2 rings (SSSR count). The van der Waals surface area contributed by atoms with Crippen LogP contribution in [0.4, 0.5) is 0 Å². The van der Waals surface area contributed by atoms with E-state index >= 15 is 0 Å². The van der Waals surface area contributed by atoms with Crippen molar-refractivity contribution in [2.75, 3.05) is 52.4 Å². The lowest BCUT2D eigenvalue weighted by Gasteiger charge is -2.34. The molecule has 5 heteroatoms. The predicted molar refractivity (Wildman–Crippen MR) is 117 cm³/mol. The van der Waals surface area contributed by atoms with Crippen LogP contribution in [-0.4, -0.2) is 74.2 Å². The van der Waals surface area contributed by atoms with E-state index in [1.165, 1.54) is 77.8 Å². The van der Waals surface area contributed by atoms with Crippen LogP contribution in [0.2, 0.25) is 0 Å². The first kappa shape index (κ1) is 22.5. The van der Waals surface area contributed by atoms with Gasteiger partial charge in [-0.25, -0.2) is 0 Å². The summed E-state index contributed by atoms with van der Waals surface area (Å²) in [4.78, 5) is 10.0. The standard InChI is InChI=1S/C22H45N5/c1-5-23-22(25-21-11-9-20(10-12-21)19(3)4)24-13-7-8-14-27-17-15-26(6-2)16-18-27/h19-21H,5-18H2,1-4H3,(H2,23,24,25). The van der Waals surface area contributed by atoms with Crippen LogP contribution in [0.3, 0.4) is 0 Å². The number of guanidine groups is 1. The number of aliphatic imine (C=N–C) groups is 1. The normalized spacial score (nSPS) is 25.7. The summed E-state index contributed by atoms with van der Waals surface area (Å²) in [5, 5.41) is 7.13. The van der Waals surface area contributed by atoms with Crippen molar-refractivity contribution < 1.29 is 0 Å². The van der Waals surface area contributed by atoms with E-state index in [9.17, 15) is 0 Å². The molecule has 2 aliphatic rings. The Kier molecular flexibility index (Phi) is 10.5. The Labute approximate surface area is 168 Å². The number of nitrogens with zero attached hydrogens (tertiary/aromatic N) is 3. The van der Waals surface area contributed by atoms with E-state index in [0.29, 0.717) is 6.04 Å². The molecule has 0 unspecified atom stereocenters. The summed E-state index contributed by atoms with van der Waals surface area (Å²) in [6.45, 7) is 18.4. The second-order valence-corrected chi connectivity index (χ2v) is 8.74. The zero-order valence-corrected chi connectivity index (χ0v) is 18.5. The first-order chi connectivity index (χ1) is 13.1. The molecule has 0 atom stereocenters. The summed E-state index contributed by atoms with van der Waals surface area (Å²) in [6.07, 6.45) is 7.74. The van der Waals surface area contributed by atoms with Gasteiger partial charge in [0.15, 0.2) is 5.96 Å². The van der Waals surface area contributed by atoms with Gasteiger partial charge in [0, 0.05) is 45.3 Å². The van der Waals surface area contributed by atoms with E-state index < -0.39 is 0 Å². The third-order valence-corrected chi connectivity index (χ3v) is 6.46. The van der Waals surface area contributed by atoms with Crippen molar-refractivity contribution in [3.8, 4) is 0 Å². The molecule has 158 valence electrons. The molecular weight excluding hydrogens is 334 g/mol. The van der Waals surface area contributed by atoms with Crippen LogP contribution in [0.5, 0.6) is 0 Å². The molecule has 1 aliphatic carbocycles. The highest BCUT2D eigenvalue weighted by molar-refractivity contribution is 5.80. The first-order valence-electron chi connectivity index (χ1n) is 11.6. The Balaban J connectivity index is 1.62. The Morgan fingerprint density at radius 1 is 0.963 bits per heavy atom. The van der Waals surface area contributed by atoms with Crippen LogP contribution < -0.4 is 10.6 Å². The number of unbranched alkanes of at least 4 members (excludes halogenated alkanes) is 1. The van der Waals surface area contributed by atoms with Crippen molar-refractivity contribution >= 4 is 5.96 Å². The minimum Gasteiger partial charge on any atom is -0.357 e. The number of piperazine rings is 1. The summed E-state index contributed by atoms with van der Waals surface area (Å²) >= 11 is 0. The fourth-order valence-electron chi connectivity index (χ4n) is 4.41. The fourth-order valence-corrected chi connectivity index (χ4v) is 4.41. The Morgan fingerprint density at radius 2 is 1.63 bits per heavy atom. The van der Waals surface area contributed by atoms with Gasteiger partial charge < -0.3 is 20.4 Å². The van der Waals surface area contributed by atoms with Gasteiger partial charge in [-0.05, 0) is 70.4 Å². The van der Waals surface area contributed by atoms with Gasteiger partial charge in [-0.15, -0.1) is 0 Å². The SMILES string of the molecule is CCNC(=NCCCCN1CCN(CC)CC1)NC1CCC(C(C)C)CC1. The lowest BCUT2D eigenvalue weighted by molar-refractivity contribution is 0.136. The van der Waals surface area contributed by atoms with Crippen LogP contribution in [-0.2, 0) is 0 Å². The molecular formula is C22H45N5. The Bertz CT molecular complexity index is 407. The topological polar surface area (TPSA) is 42.9 Å². The van der Waals surface area contributed by atoms with Crippen molar-refractivity contribution in [1.29, 1.82) is 0 Å². The third-order valence-electron chi connectivity index (χ3n) is 6.46. The van der Waals surface area contributed by atoms with Crippen LogP contribution in [0.15, 0.2) is 4.99 Å². The fraction of sp³-hybridized carbons (Fsp3) is 0.955. The quantitative estimate of drug-likeness (QED) is 0.367. The zero-order chi connectivity index (χ0) is 19.5. The van der Waals surface area contributed by atoms with Crippen LogP contribution >= 0.6 is 0 Å². The van der Waals surface area contributed by atoms with Crippen molar-refractivity contribution in [3.63, 3.8) is 0 Å². The molecule has 2 N–H and O–H groups in total. The molecule has 0 spiro atoms. The van der Waals surface area contributed by atoms with Crippen molar-refractivity contribution in [1.82, 2.24) is 20.4 Å². The molecule has 0 bridgehead atoms. The summed E-state index contributed by atoms with van der Waals surface area (Å²) in [5.41, 5.74) is 0. The number of likely N-dealkylation sites (N-methyl/N-ethyl adjacent to an activating group) is 1. The average molecular weight is 380 g/mol. The average Bonchev–Trinajstić information content (AvgIpc) is 2.68. The van der Waals surface area contributed by atoms with Crippen molar-refractivity contribution in [3.05, 3.63) is 0 Å². The van der Waals surface area contributed by atoms with Gasteiger partial charge in [0.2, 0.25) is 0 Å². The maximum atomic E-state index is 4.84. The molecule has 0 amide bonds. The minimum absolute atomic E-state index is 0.604. The minimum atomic E-state index is 0.604. The molecule has 0 radical (unpaired) electrons. The van der Waals surface area contributed by atoms with E-state index in [1.807, 2.05) is 0 Å². The summed E-state index contributed by atoms with van der Waals surface area (Å²) in [5.74, 6) is 2.78. The van der Waals surface area contributed by atoms with Gasteiger partial charge in [-0.2, -0.15) is 0 Å².